The van der Waals surface area contributed by atoms with Crippen LogP contribution in [0, 0.1) is 5.92 Å². The van der Waals surface area contributed by atoms with Gasteiger partial charge in [0.25, 0.3) is 0 Å². The summed E-state index contributed by atoms with van der Waals surface area (Å²) in [7, 11) is -2.84. The van der Waals surface area contributed by atoms with E-state index in [2.05, 4.69) is 22.1 Å². The molecule has 0 bridgehead atoms. The van der Waals surface area contributed by atoms with Gasteiger partial charge in [-0.25, -0.2) is 13.4 Å². The topological polar surface area (TPSA) is 79.4 Å². The van der Waals surface area contributed by atoms with Crippen LogP contribution in [-0.2, 0) is 27.6 Å². The van der Waals surface area contributed by atoms with Crippen molar-refractivity contribution in [2.75, 3.05) is 24.6 Å². The summed E-state index contributed by atoms with van der Waals surface area (Å²) in [5.74, 6) is 0.728. The van der Waals surface area contributed by atoms with Crippen LogP contribution in [0.3, 0.4) is 0 Å². The summed E-state index contributed by atoms with van der Waals surface area (Å²) in [4.78, 5) is 19.0. The second-order valence-corrected chi connectivity index (χ2v) is 9.84. The van der Waals surface area contributed by atoms with Gasteiger partial charge in [-0.3, -0.25) is 9.69 Å². The average Bonchev–Trinajstić information content (AvgIpc) is 3.18. The van der Waals surface area contributed by atoms with Crippen LogP contribution in [0.2, 0.25) is 0 Å². The minimum atomic E-state index is -2.84. The number of thiazole rings is 1. The third-order valence-corrected chi connectivity index (χ3v) is 7.65. The molecule has 2 aliphatic rings. The zero-order chi connectivity index (χ0) is 17.2. The Kier molecular flexibility index (Phi) is 5.56. The van der Waals surface area contributed by atoms with E-state index in [4.69, 9.17) is 0 Å². The molecule has 0 saturated carbocycles. The number of aromatic nitrogens is 1. The number of amides is 1. The van der Waals surface area contributed by atoms with Gasteiger partial charge in [-0.2, -0.15) is 0 Å². The third kappa shape index (κ3) is 4.34. The average molecular weight is 372 g/mol. The lowest BCUT2D eigenvalue weighted by Crippen LogP contribution is -2.45. The molecule has 1 aromatic rings. The number of nitrogens with zero attached hydrogens (tertiary/aromatic N) is 2. The van der Waals surface area contributed by atoms with E-state index < -0.39 is 9.84 Å². The summed E-state index contributed by atoms with van der Waals surface area (Å²) >= 11 is 1.59. The molecular formula is C16H25N3O3S2. The fourth-order valence-electron chi connectivity index (χ4n) is 3.49. The zero-order valence-electron chi connectivity index (χ0n) is 14.0. The van der Waals surface area contributed by atoms with E-state index in [0.29, 0.717) is 12.3 Å². The Bertz CT molecular complexity index is 678. The molecule has 134 valence electrons. The summed E-state index contributed by atoms with van der Waals surface area (Å²) in [6.07, 6.45) is 3.27. The molecule has 0 aliphatic carbocycles. The van der Waals surface area contributed by atoms with Crippen LogP contribution in [0.25, 0.3) is 0 Å². The number of sulfone groups is 1. The molecule has 1 aromatic heterocycles. The normalized spacial score (nSPS) is 25.0. The summed E-state index contributed by atoms with van der Waals surface area (Å²) in [6.45, 7) is 4.20. The maximum atomic E-state index is 12.3. The Morgan fingerprint density at radius 3 is 2.71 bits per heavy atom. The molecular weight excluding hydrogens is 346 g/mol. The minimum Gasteiger partial charge on any atom is -0.349 e. The van der Waals surface area contributed by atoms with Crippen molar-refractivity contribution in [2.24, 2.45) is 5.92 Å². The summed E-state index contributed by atoms with van der Waals surface area (Å²) in [5.41, 5.74) is 1.07. The van der Waals surface area contributed by atoms with Gasteiger partial charge in [0.2, 0.25) is 5.91 Å². The third-order valence-electron chi connectivity index (χ3n) is 5.00. The first-order chi connectivity index (χ1) is 11.5. The summed E-state index contributed by atoms with van der Waals surface area (Å²) < 4.78 is 23.2. The maximum Gasteiger partial charge on any atom is 0.223 e. The van der Waals surface area contributed by atoms with Crippen molar-refractivity contribution < 1.29 is 13.2 Å². The van der Waals surface area contributed by atoms with Crippen LogP contribution < -0.4 is 5.32 Å². The van der Waals surface area contributed by atoms with Gasteiger partial charge in [0.15, 0.2) is 9.84 Å². The van der Waals surface area contributed by atoms with Crippen molar-refractivity contribution in [2.45, 2.75) is 45.2 Å². The zero-order valence-corrected chi connectivity index (χ0v) is 15.7. The number of likely N-dealkylation sites (tertiary alicyclic amines) is 1. The number of rotatable bonds is 5. The molecule has 2 aliphatic heterocycles. The number of nitrogens with one attached hydrogen (secondary N) is 1. The summed E-state index contributed by atoms with van der Waals surface area (Å²) in [6, 6.07) is 0.154. The molecule has 0 radical (unpaired) electrons. The molecule has 0 unspecified atom stereocenters. The first-order valence-electron chi connectivity index (χ1n) is 8.62. The molecule has 1 amide bonds. The van der Waals surface area contributed by atoms with Gasteiger partial charge >= 0.3 is 0 Å². The SMILES string of the molecule is CCc1csc(CNC(=O)C2CCN([C@@H]3CCS(=O)(=O)C3)CC2)n1. The molecule has 0 spiro atoms. The van der Waals surface area contributed by atoms with E-state index in [9.17, 15) is 13.2 Å². The molecule has 0 aromatic carbocycles. The highest BCUT2D eigenvalue weighted by molar-refractivity contribution is 7.91. The molecule has 3 rings (SSSR count). The lowest BCUT2D eigenvalue weighted by Gasteiger charge is -2.34. The van der Waals surface area contributed by atoms with Gasteiger partial charge in [-0.15, -0.1) is 11.3 Å². The Morgan fingerprint density at radius 2 is 2.12 bits per heavy atom. The van der Waals surface area contributed by atoms with Gasteiger partial charge in [-0.05, 0) is 38.8 Å². The Hall–Kier alpha value is -0.990. The molecule has 8 heteroatoms. The standard InChI is InChI=1S/C16H25N3O3S2/c1-2-13-10-23-15(18-13)9-17-16(20)12-3-6-19(7-4-12)14-5-8-24(21,22)11-14/h10,12,14H,2-9,11H2,1H3,(H,17,20)/t14-/m1/s1. The van der Waals surface area contributed by atoms with E-state index in [0.717, 1.165) is 49.5 Å². The minimum absolute atomic E-state index is 0.0323. The van der Waals surface area contributed by atoms with Crippen LogP contribution >= 0.6 is 11.3 Å². The number of hydrogen-bond donors (Lipinski definition) is 1. The van der Waals surface area contributed by atoms with Crippen molar-refractivity contribution in [3.8, 4) is 0 Å². The van der Waals surface area contributed by atoms with E-state index in [-0.39, 0.29) is 23.6 Å². The van der Waals surface area contributed by atoms with Crippen molar-refractivity contribution in [3.63, 3.8) is 0 Å². The smallest absolute Gasteiger partial charge is 0.223 e. The van der Waals surface area contributed by atoms with E-state index in [1.165, 1.54) is 0 Å². The van der Waals surface area contributed by atoms with Crippen LogP contribution in [-0.4, -0.2) is 54.8 Å². The molecule has 3 heterocycles. The molecule has 6 nitrogen and oxygen atoms in total. The number of carbonyl (C=O) groups excluding carboxylic acids is 1. The monoisotopic (exact) mass is 371 g/mol. The predicted octanol–water partition coefficient (Wildman–Crippen LogP) is 1.22. The van der Waals surface area contributed by atoms with E-state index in [1.807, 2.05) is 5.38 Å². The molecule has 2 saturated heterocycles. The maximum absolute atomic E-state index is 12.3. The lowest BCUT2D eigenvalue weighted by atomic mass is 9.94. The number of hydrogen-bond acceptors (Lipinski definition) is 6. The van der Waals surface area contributed by atoms with Gasteiger partial charge < -0.3 is 5.32 Å². The van der Waals surface area contributed by atoms with Crippen molar-refractivity contribution in [1.82, 2.24) is 15.2 Å². The van der Waals surface area contributed by atoms with Gasteiger partial charge in [0.1, 0.15) is 5.01 Å². The highest BCUT2D eigenvalue weighted by atomic mass is 32.2. The highest BCUT2D eigenvalue weighted by Crippen LogP contribution is 2.24. The van der Waals surface area contributed by atoms with Gasteiger partial charge in [-0.1, -0.05) is 6.92 Å². The van der Waals surface area contributed by atoms with E-state index >= 15 is 0 Å². The molecule has 1 N–H and O–H groups in total. The van der Waals surface area contributed by atoms with Crippen molar-refractivity contribution >= 4 is 27.1 Å². The van der Waals surface area contributed by atoms with Crippen LogP contribution in [0.5, 0.6) is 0 Å². The Morgan fingerprint density at radius 1 is 1.38 bits per heavy atom. The number of carbonyl (C=O) groups is 1. The second-order valence-electron chi connectivity index (χ2n) is 6.67. The quantitative estimate of drug-likeness (QED) is 0.842. The van der Waals surface area contributed by atoms with Crippen molar-refractivity contribution in [1.29, 1.82) is 0 Å². The van der Waals surface area contributed by atoms with Crippen LogP contribution in [0.15, 0.2) is 5.38 Å². The molecule has 24 heavy (non-hydrogen) atoms. The van der Waals surface area contributed by atoms with Crippen molar-refractivity contribution in [3.05, 3.63) is 16.1 Å². The molecule has 2 fully saturated rings. The first kappa shape index (κ1) is 17.8. The van der Waals surface area contributed by atoms with Crippen LogP contribution in [0.4, 0.5) is 0 Å². The number of aryl methyl sites for hydroxylation is 1. The first-order valence-corrected chi connectivity index (χ1v) is 11.3. The van der Waals surface area contributed by atoms with E-state index in [1.54, 1.807) is 11.3 Å². The number of piperidine rings is 1. The summed E-state index contributed by atoms with van der Waals surface area (Å²) in [5, 5.41) is 5.99. The Labute approximate surface area is 147 Å². The van der Waals surface area contributed by atoms with Gasteiger partial charge in [0.05, 0.1) is 23.7 Å². The Balaban J connectivity index is 1.43. The van der Waals surface area contributed by atoms with Crippen LogP contribution in [0.1, 0.15) is 36.9 Å². The second kappa shape index (κ2) is 7.49. The lowest BCUT2D eigenvalue weighted by molar-refractivity contribution is -0.126. The largest absolute Gasteiger partial charge is 0.349 e. The fourth-order valence-corrected chi connectivity index (χ4v) is 6.07. The fraction of sp³-hybridized carbons (Fsp3) is 0.750. The predicted molar refractivity (Wildman–Crippen MR) is 94.7 cm³/mol. The molecule has 1 atom stereocenters. The highest BCUT2D eigenvalue weighted by Gasteiger charge is 2.35. The van der Waals surface area contributed by atoms with Gasteiger partial charge in [0, 0.05) is 17.3 Å².